The summed E-state index contributed by atoms with van der Waals surface area (Å²) in [6.45, 7) is 4.61. The molecule has 1 aromatic carbocycles. The van der Waals surface area contributed by atoms with Crippen LogP contribution in [0.5, 0.6) is 0 Å². The summed E-state index contributed by atoms with van der Waals surface area (Å²) >= 11 is 7.51. The molecule has 0 bridgehead atoms. The van der Waals surface area contributed by atoms with Crippen molar-refractivity contribution in [2.75, 3.05) is 13.2 Å². The normalized spacial score (nSPS) is 13.9. The highest BCUT2D eigenvalue weighted by atomic mass is 35.5. The zero-order chi connectivity index (χ0) is 14.3. The van der Waals surface area contributed by atoms with E-state index < -0.39 is 0 Å². The van der Waals surface area contributed by atoms with E-state index in [9.17, 15) is 4.79 Å². The zero-order valence-corrected chi connectivity index (χ0v) is 12.8. The number of rotatable bonds is 7. The fourth-order valence-electron chi connectivity index (χ4n) is 1.53. The van der Waals surface area contributed by atoms with Crippen LogP contribution >= 0.6 is 23.4 Å². The van der Waals surface area contributed by atoms with Gasteiger partial charge in [-0.2, -0.15) is 0 Å². The van der Waals surface area contributed by atoms with E-state index in [-0.39, 0.29) is 23.7 Å². The molecule has 1 rings (SSSR count). The van der Waals surface area contributed by atoms with Crippen molar-refractivity contribution in [2.45, 2.75) is 30.4 Å². The monoisotopic (exact) mass is 301 g/mol. The Hall–Kier alpha value is -0.710. The van der Waals surface area contributed by atoms with Crippen molar-refractivity contribution in [2.24, 2.45) is 5.92 Å². The van der Waals surface area contributed by atoms with Crippen molar-refractivity contribution >= 4 is 29.3 Å². The summed E-state index contributed by atoms with van der Waals surface area (Å²) in [6, 6.07) is 7.50. The van der Waals surface area contributed by atoms with Crippen LogP contribution in [-0.4, -0.2) is 29.4 Å². The van der Waals surface area contributed by atoms with Crippen LogP contribution in [0.1, 0.15) is 20.3 Å². The molecule has 0 saturated heterocycles. The van der Waals surface area contributed by atoms with Gasteiger partial charge in [-0.25, -0.2) is 0 Å². The average Bonchev–Trinajstić information content (AvgIpc) is 2.39. The van der Waals surface area contributed by atoms with Gasteiger partial charge in [-0.15, -0.1) is 11.8 Å². The predicted octanol–water partition coefficient (Wildman–Crippen LogP) is 2.96. The molecule has 1 amide bonds. The third-order valence-corrected chi connectivity index (χ3v) is 4.38. The number of hydrogen-bond donors (Lipinski definition) is 2. The Morgan fingerprint density at radius 3 is 2.74 bits per heavy atom. The minimum absolute atomic E-state index is 0.00490. The number of aliphatic hydroxyl groups is 1. The highest BCUT2D eigenvalue weighted by Crippen LogP contribution is 2.29. The van der Waals surface area contributed by atoms with Crippen LogP contribution in [0.25, 0.3) is 0 Å². The largest absolute Gasteiger partial charge is 0.396 e. The molecule has 3 nitrogen and oxygen atoms in total. The van der Waals surface area contributed by atoms with Crippen molar-refractivity contribution < 1.29 is 9.90 Å². The molecular weight excluding hydrogens is 282 g/mol. The molecule has 0 heterocycles. The summed E-state index contributed by atoms with van der Waals surface area (Å²) in [7, 11) is 0. The van der Waals surface area contributed by atoms with E-state index in [1.54, 1.807) is 0 Å². The summed E-state index contributed by atoms with van der Waals surface area (Å²) in [4.78, 5) is 12.8. The molecule has 19 heavy (non-hydrogen) atoms. The Morgan fingerprint density at radius 1 is 1.42 bits per heavy atom. The van der Waals surface area contributed by atoms with Crippen LogP contribution in [-0.2, 0) is 4.79 Å². The third kappa shape index (κ3) is 5.85. The van der Waals surface area contributed by atoms with Gasteiger partial charge in [-0.1, -0.05) is 30.7 Å². The van der Waals surface area contributed by atoms with Gasteiger partial charge in [0.2, 0.25) is 5.91 Å². The maximum absolute atomic E-state index is 11.9. The molecule has 106 valence electrons. The number of hydrogen-bond acceptors (Lipinski definition) is 3. The fraction of sp³-hybridized carbons (Fsp3) is 0.500. The number of aliphatic hydroxyl groups excluding tert-OH is 1. The maximum atomic E-state index is 11.9. The summed E-state index contributed by atoms with van der Waals surface area (Å²) in [6.07, 6.45) is 0.701. The van der Waals surface area contributed by atoms with Crippen LogP contribution in [0.2, 0.25) is 5.02 Å². The molecule has 0 aliphatic rings. The zero-order valence-electron chi connectivity index (χ0n) is 11.2. The molecule has 2 N–H and O–H groups in total. The van der Waals surface area contributed by atoms with Crippen molar-refractivity contribution in [3.05, 3.63) is 29.3 Å². The molecule has 2 atom stereocenters. The van der Waals surface area contributed by atoms with Gasteiger partial charge in [0, 0.05) is 18.0 Å². The molecule has 0 saturated carbocycles. The van der Waals surface area contributed by atoms with Crippen molar-refractivity contribution in [1.82, 2.24) is 5.32 Å². The van der Waals surface area contributed by atoms with E-state index in [1.165, 1.54) is 11.8 Å². The average molecular weight is 302 g/mol. The number of amides is 1. The van der Waals surface area contributed by atoms with E-state index in [0.29, 0.717) is 18.0 Å². The topological polar surface area (TPSA) is 49.3 Å². The highest BCUT2D eigenvalue weighted by Gasteiger charge is 2.16. The van der Waals surface area contributed by atoms with Gasteiger partial charge in [0.05, 0.1) is 10.3 Å². The first-order valence-electron chi connectivity index (χ1n) is 6.34. The lowest BCUT2D eigenvalue weighted by atomic mass is 10.1. The van der Waals surface area contributed by atoms with Gasteiger partial charge in [0.25, 0.3) is 0 Å². The Balaban J connectivity index is 2.43. The number of thioether (sulfide) groups is 1. The lowest BCUT2D eigenvalue weighted by molar-refractivity contribution is -0.120. The van der Waals surface area contributed by atoms with Crippen molar-refractivity contribution in [3.63, 3.8) is 0 Å². The highest BCUT2D eigenvalue weighted by molar-refractivity contribution is 8.00. The number of halogens is 1. The van der Waals surface area contributed by atoms with E-state index in [1.807, 2.05) is 38.1 Å². The molecule has 0 aliphatic carbocycles. The minimum atomic E-state index is -0.193. The number of nitrogens with one attached hydrogen (secondary N) is 1. The first-order chi connectivity index (χ1) is 9.04. The molecule has 0 radical (unpaired) electrons. The third-order valence-electron chi connectivity index (χ3n) is 2.76. The van der Waals surface area contributed by atoms with Crippen LogP contribution in [0, 0.1) is 5.92 Å². The van der Waals surface area contributed by atoms with Crippen LogP contribution < -0.4 is 5.32 Å². The smallest absolute Gasteiger partial charge is 0.233 e. The van der Waals surface area contributed by atoms with Gasteiger partial charge >= 0.3 is 0 Å². The maximum Gasteiger partial charge on any atom is 0.233 e. The SMILES string of the molecule is CC(CCO)CNC(=O)C(C)Sc1ccccc1Cl. The molecule has 0 aromatic heterocycles. The number of carbonyl (C=O) groups is 1. The van der Waals surface area contributed by atoms with Gasteiger partial charge in [0.15, 0.2) is 0 Å². The van der Waals surface area contributed by atoms with Crippen molar-refractivity contribution in [1.29, 1.82) is 0 Å². The predicted molar refractivity (Wildman–Crippen MR) is 80.6 cm³/mol. The quantitative estimate of drug-likeness (QED) is 0.761. The molecule has 0 aliphatic heterocycles. The molecule has 0 spiro atoms. The summed E-state index contributed by atoms with van der Waals surface area (Å²) in [5.41, 5.74) is 0. The molecular formula is C14H20ClNO2S. The number of benzene rings is 1. The van der Waals surface area contributed by atoms with Gasteiger partial charge in [0.1, 0.15) is 0 Å². The molecule has 5 heteroatoms. The lowest BCUT2D eigenvalue weighted by Gasteiger charge is -2.15. The second-order valence-electron chi connectivity index (χ2n) is 4.55. The standard InChI is InChI=1S/C14H20ClNO2S/c1-10(7-8-17)9-16-14(18)11(2)19-13-6-4-3-5-12(13)15/h3-6,10-11,17H,7-9H2,1-2H3,(H,16,18). The van der Waals surface area contributed by atoms with Gasteiger partial charge in [-0.3, -0.25) is 4.79 Å². The first-order valence-corrected chi connectivity index (χ1v) is 7.60. The Labute approximate surface area is 123 Å². The molecule has 2 unspecified atom stereocenters. The second kappa shape index (κ2) is 8.46. The van der Waals surface area contributed by atoms with E-state index in [2.05, 4.69) is 5.32 Å². The Kier molecular flexibility index (Phi) is 7.28. The van der Waals surface area contributed by atoms with Crippen LogP contribution in [0.3, 0.4) is 0 Å². The van der Waals surface area contributed by atoms with Crippen molar-refractivity contribution in [3.8, 4) is 0 Å². The van der Waals surface area contributed by atoms with Crippen LogP contribution in [0.4, 0.5) is 0 Å². The molecule has 1 aromatic rings. The van der Waals surface area contributed by atoms with E-state index in [4.69, 9.17) is 16.7 Å². The van der Waals surface area contributed by atoms with Gasteiger partial charge < -0.3 is 10.4 Å². The van der Waals surface area contributed by atoms with Gasteiger partial charge in [-0.05, 0) is 31.4 Å². The Morgan fingerprint density at radius 2 is 2.11 bits per heavy atom. The van der Waals surface area contributed by atoms with E-state index in [0.717, 1.165) is 4.90 Å². The summed E-state index contributed by atoms with van der Waals surface area (Å²) in [5, 5.41) is 12.2. The fourth-order valence-corrected chi connectivity index (χ4v) is 2.70. The minimum Gasteiger partial charge on any atom is -0.396 e. The van der Waals surface area contributed by atoms with E-state index >= 15 is 0 Å². The lowest BCUT2D eigenvalue weighted by Crippen LogP contribution is -2.34. The Bertz CT molecular complexity index is 414. The van der Waals surface area contributed by atoms with Crippen LogP contribution in [0.15, 0.2) is 29.2 Å². The number of carbonyl (C=O) groups excluding carboxylic acids is 1. The summed E-state index contributed by atoms with van der Waals surface area (Å²) in [5.74, 6) is 0.279. The summed E-state index contributed by atoms with van der Waals surface area (Å²) < 4.78 is 0. The first kappa shape index (κ1) is 16.3. The molecule has 0 fully saturated rings. The second-order valence-corrected chi connectivity index (χ2v) is 6.34.